The van der Waals surface area contributed by atoms with E-state index >= 15 is 0 Å². The van der Waals surface area contributed by atoms with E-state index in [9.17, 15) is 4.79 Å². The summed E-state index contributed by atoms with van der Waals surface area (Å²) in [5.41, 5.74) is -0.546. The first-order chi connectivity index (χ1) is 11.2. The van der Waals surface area contributed by atoms with Gasteiger partial charge >= 0.3 is 6.09 Å². The summed E-state index contributed by atoms with van der Waals surface area (Å²) >= 11 is 0. The van der Waals surface area contributed by atoms with Crippen molar-refractivity contribution in [3.63, 3.8) is 0 Å². The van der Waals surface area contributed by atoms with E-state index in [2.05, 4.69) is 51.7 Å². The van der Waals surface area contributed by atoms with Crippen LogP contribution in [-0.2, 0) is 9.16 Å². The molecule has 0 aliphatic rings. The lowest BCUT2D eigenvalue weighted by Gasteiger charge is -2.37. The summed E-state index contributed by atoms with van der Waals surface area (Å²) < 4.78 is 11.6. The maximum Gasteiger partial charge on any atom is 0.408 e. The number of carbonyl (C=O) groups excluding carboxylic acids is 1. The number of allylic oxidation sites excluding steroid dienone is 1. The van der Waals surface area contributed by atoms with Gasteiger partial charge in [-0.15, -0.1) is 13.0 Å². The molecule has 144 valence electrons. The van der Waals surface area contributed by atoms with Gasteiger partial charge in [-0.2, -0.15) is 0 Å². The predicted octanol–water partition coefficient (Wildman–Crippen LogP) is 5.12. The molecule has 0 spiro atoms. The van der Waals surface area contributed by atoms with Crippen LogP contribution in [0.4, 0.5) is 4.79 Å². The predicted molar refractivity (Wildman–Crippen MR) is 108 cm³/mol. The van der Waals surface area contributed by atoms with E-state index in [1.165, 1.54) is 0 Å². The number of rotatable bonds is 8. The summed E-state index contributed by atoms with van der Waals surface area (Å²) in [7, 11) is -1.82. The monoisotopic (exact) mass is 367 g/mol. The van der Waals surface area contributed by atoms with Gasteiger partial charge in [0.25, 0.3) is 0 Å². The van der Waals surface area contributed by atoms with Gasteiger partial charge in [-0.05, 0) is 57.7 Å². The van der Waals surface area contributed by atoms with Crippen LogP contribution in [0.5, 0.6) is 0 Å². The zero-order valence-corrected chi connectivity index (χ0v) is 18.4. The quantitative estimate of drug-likeness (QED) is 0.368. The molecule has 0 aliphatic heterocycles. The first kappa shape index (κ1) is 23.7. The molecule has 0 heterocycles. The van der Waals surface area contributed by atoms with Crippen LogP contribution in [0.15, 0.2) is 12.7 Å². The van der Waals surface area contributed by atoms with Crippen LogP contribution >= 0.6 is 0 Å². The molecular formula is C20H37NO3Si. The van der Waals surface area contributed by atoms with Gasteiger partial charge in [0.05, 0.1) is 6.04 Å². The normalized spacial score (nSPS) is 15.0. The van der Waals surface area contributed by atoms with Gasteiger partial charge < -0.3 is 14.5 Å². The van der Waals surface area contributed by atoms with Crippen molar-refractivity contribution in [3.8, 4) is 12.3 Å². The van der Waals surface area contributed by atoms with Gasteiger partial charge in [-0.25, -0.2) is 4.79 Å². The zero-order valence-electron chi connectivity index (χ0n) is 17.4. The Balaban J connectivity index is 4.79. The third kappa shape index (κ3) is 9.71. The Morgan fingerprint density at radius 1 is 1.28 bits per heavy atom. The van der Waals surface area contributed by atoms with Crippen LogP contribution < -0.4 is 5.32 Å². The zero-order chi connectivity index (χ0) is 19.9. The van der Waals surface area contributed by atoms with Gasteiger partial charge in [0, 0.05) is 6.61 Å². The van der Waals surface area contributed by atoms with Gasteiger partial charge in [0.15, 0.2) is 8.32 Å². The Labute approximate surface area is 155 Å². The van der Waals surface area contributed by atoms with Crippen molar-refractivity contribution in [2.45, 2.75) is 84.2 Å². The second-order valence-electron chi connectivity index (χ2n) is 9.06. The molecule has 1 N–H and O–H groups in total. The standard InChI is InChI=1S/C20H37NO3Si/c1-11-13-16(15-23-25(9,10)20(6,7)8)14-17(12-2)21-18(22)24-19(3,4)5/h2,11,16-17H,1,13-15H2,3-10H3,(H,21,22)/t16-,17+/m0/s1. The average molecular weight is 368 g/mol. The molecule has 0 unspecified atom stereocenters. The molecule has 0 bridgehead atoms. The fourth-order valence-corrected chi connectivity index (χ4v) is 3.05. The Kier molecular flexibility index (Phi) is 8.97. The highest BCUT2D eigenvalue weighted by molar-refractivity contribution is 6.74. The maximum atomic E-state index is 11.9. The molecule has 0 aliphatic carbocycles. The van der Waals surface area contributed by atoms with Crippen molar-refractivity contribution in [2.75, 3.05) is 6.61 Å². The second kappa shape index (κ2) is 9.45. The lowest BCUT2D eigenvalue weighted by molar-refractivity contribution is 0.0508. The summed E-state index contributed by atoms with van der Waals surface area (Å²) in [6.07, 6.45) is 8.42. The number of amides is 1. The lowest BCUT2D eigenvalue weighted by Crippen LogP contribution is -2.43. The summed E-state index contributed by atoms with van der Waals surface area (Å²) in [6.45, 7) is 21.0. The van der Waals surface area contributed by atoms with Crippen LogP contribution in [0.2, 0.25) is 18.1 Å². The third-order valence-electron chi connectivity index (χ3n) is 4.45. The van der Waals surface area contributed by atoms with E-state index in [4.69, 9.17) is 15.6 Å². The van der Waals surface area contributed by atoms with Gasteiger partial charge in [-0.1, -0.05) is 32.8 Å². The maximum absolute atomic E-state index is 11.9. The molecule has 0 saturated carbocycles. The molecule has 0 fully saturated rings. The largest absolute Gasteiger partial charge is 0.444 e. The molecule has 25 heavy (non-hydrogen) atoms. The fraction of sp³-hybridized carbons (Fsp3) is 0.750. The number of hydrogen-bond donors (Lipinski definition) is 1. The highest BCUT2D eigenvalue weighted by Gasteiger charge is 2.37. The molecule has 0 rings (SSSR count). The van der Waals surface area contributed by atoms with Crippen LogP contribution in [0.3, 0.4) is 0 Å². The van der Waals surface area contributed by atoms with E-state index in [0.29, 0.717) is 13.0 Å². The molecule has 2 atom stereocenters. The van der Waals surface area contributed by atoms with Crippen LogP contribution in [0.25, 0.3) is 0 Å². The second-order valence-corrected chi connectivity index (χ2v) is 13.9. The van der Waals surface area contributed by atoms with Crippen molar-refractivity contribution in [1.82, 2.24) is 5.32 Å². The number of ether oxygens (including phenoxy) is 1. The summed E-state index contributed by atoms with van der Waals surface area (Å²) in [5.74, 6) is 2.86. The first-order valence-electron chi connectivity index (χ1n) is 8.92. The molecule has 5 heteroatoms. The Morgan fingerprint density at radius 3 is 2.24 bits per heavy atom. The first-order valence-corrected chi connectivity index (χ1v) is 11.8. The topological polar surface area (TPSA) is 47.6 Å². The molecule has 0 aromatic rings. The minimum atomic E-state index is -1.82. The summed E-state index contributed by atoms with van der Waals surface area (Å²) in [5, 5.41) is 2.92. The number of hydrogen-bond acceptors (Lipinski definition) is 3. The molecule has 4 nitrogen and oxygen atoms in total. The molecular weight excluding hydrogens is 330 g/mol. The van der Waals surface area contributed by atoms with E-state index in [1.807, 2.05) is 26.8 Å². The number of nitrogens with one attached hydrogen (secondary N) is 1. The third-order valence-corrected chi connectivity index (χ3v) is 8.95. The van der Waals surface area contributed by atoms with E-state index in [1.54, 1.807) is 0 Å². The highest BCUT2D eigenvalue weighted by Crippen LogP contribution is 2.37. The van der Waals surface area contributed by atoms with Gasteiger partial charge in [0.1, 0.15) is 5.60 Å². The molecule has 0 saturated heterocycles. The molecule has 0 aromatic carbocycles. The summed E-state index contributed by atoms with van der Waals surface area (Å²) in [4.78, 5) is 11.9. The minimum Gasteiger partial charge on any atom is -0.444 e. The van der Waals surface area contributed by atoms with Gasteiger partial charge in [0.2, 0.25) is 0 Å². The fourth-order valence-electron chi connectivity index (χ4n) is 1.96. The van der Waals surface area contributed by atoms with Gasteiger partial charge in [-0.3, -0.25) is 0 Å². The van der Waals surface area contributed by atoms with Crippen LogP contribution in [0, 0.1) is 18.3 Å². The Morgan fingerprint density at radius 2 is 1.84 bits per heavy atom. The van der Waals surface area contributed by atoms with Crippen LogP contribution in [-0.4, -0.2) is 32.7 Å². The van der Waals surface area contributed by atoms with Crippen molar-refractivity contribution in [2.24, 2.45) is 5.92 Å². The molecule has 0 radical (unpaired) electrons. The lowest BCUT2D eigenvalue weighted by atomic mass is 9.98. The smallest absolute Gasteiger partial charge is 0.408 e. The summed E-state index contributed by atoms with van der Waals surface area (Å²) in [6, 6.07) is -0.386. The van der Waals surface area contributed by atoms with Crippen molar-refractivity contribution in [3.05, 3.63) is 12.7 Å². The van der Waals surface area contributed by atoms with E-state index in [0.717, 1.165) is 6.42 Å². The van der Waals surface area contributed by atoms with E-state index < -0.39 is 20.0 Å². The minimum absolute atomic E-state index is 0.159. The average Bonchev–Trinajstić information content (AvgIpc) is 2.40. The SMILES string of the molecule is C#C[C@H](C[C@H](CC=C)CO[Si](C)(C)C(C)(C)C)NC(=O)OC(C)(C)C. The van der Waals surface area contributed by atoms with Crippen molar-refractivity contribution < 1.29 is 14.0 Å². The van der Waals surface area contributed by atoms with E-state index in [-0.39, 0.29) is 17.0 Å². The molecule has 0 aromatic heterocycles. The van der Waals surface area contributed by atoms with Crippen molar-refractivity contribution in [1.29, 1.82) is 0 Å². The number of carbonyl (C=O) groups is 1. The van der Waals surface area contributed by atoms with Crippen molar-refractivity contribution >= 4 is 14.4 Å². The Hall–Kier alpha value is -1.25. The number of alkyl carbamates (subject to hydrolysis) is 1. The highest BCUT2D eigenvalue weighted by atomic mass is 28.4. The Bertz CT molecular complexity index is 481. The number of terminal acetylenes is 1. The van der Waals surface area contributed by atoms with Crippen LogP contribution in [0.1, 0.15) is 54.4 Å². The molecule has 1 amide bonds.